The number of rotatable bonds is 0. The summed E-state index contributed by atoms with van der Waals surface area (Å²) in [6.07, 6.45) is 2.44. The van der Waals surface area contributed by atoms with E-state index in [1.54, 1.807) is 11.3 Å². The lowest BCUT2D eigenvalue weighted by Crippen LogP contribution is -2.17. The van der Waals surface area contributed by atoms with Crippen molar-refractivity contribution >= 4 is 27.3 Å². The largest absolute Gasteiger partial charge is 0.393 e. The molecule has 0 aromatic carbocycles. The molecule has 1 aromatic rings. The molecule has 2 rings (SSSR count). The van der Waals surface area contributed by atoms with Crippen LogP contribution in [-0.4, -0.2) is 16.2 Å². The van der Waals surface area contributed by atoms with Gasteiger partial charge in [0.2, 0.25) is 0 Å². The normalized spacial score (nSPS) is 23.3. The molecule has 0 amide bonds. The first-order valence-electron chi connectivity index (χ1n) is 3.58. The van der Waals surface area contributed by atoms with E-state index in [1.165, 1.54) is 10.6 Å². The summed E-state index contributed by atoms with van der Waals surface area (Å²) in [7, 11) is 0. The molecule has 1 aliphatic rings. The maximum Gasteiger partial charge on any atom is 0.159 e. The predicted molar refractivity (Wildman–Crippen MR) is 47.8 cm³/mol. The van der Waals surface area contributed by atoms with Gasteiger partial charge >= 0.3 is 0 Å². The SMILES string of the molecule is O[C@@H]1CCc2nc(Br)sc2C1. The Morgan fingerprint density at radius 1 is 1.64 bits per heavy atom. The van der Waals surface area contributed by atoms with E-state index in [2.05, 4.69) is 20.9 Å². The zero-order valence-corrected chi connectivity index (χ0v) is 8.28. The third-order valence-electron chi connectivity index (χ3n) is 1.89. The first kappa shape index (κ1) is 7.71. The number of thiazole rings is 1. The van der Waals surface area contributed by atoms with E-state index in [-0.39, 0.29) is 6.10 Å². The van der Waals surface area contributed by atoms with Crippen molar-refractivity contribution in [1.29, 1.82) is 0 Å². The van der Waals surface area contributed by atoms with Gasteiger partial charge in [0.1, 0.15) is 0 Å². The number of aliphatic hydroxyl groups excluding tert-OH is 1. The maximum absolute atomic E-state index is 9.33. The first-order chi connectivity index (χ1) is 5.25. The van der Waals surface area contributed by atoms with Crippen LogP contribution in [-0.2, 0) is 12.8 Å². The molecule has 11 heavy (non-hydrogen) atoms. The van der Waals surface area contributed by atoms with Crippen molar-refractivity contribution in [3.8, 4) is 0 Å². The fraction of sp³-hybridized carbons (Fsp3) is 0.571. The Morgan fingerprint density at radius 2 is 2.45 bits per heavy atom. The molecule has 0 aliphatic heterocycles. The number of aromatic nitrogens is 1. The standard InChI is InChI=1S/C7H8BrNOS/c8-7-9-5-2-1-4(10)3-6(5)11-7/h4,10H,1-3H2/t4-/m1/s1. The van der Waals surface area contributed by atoms with Crippen molar-refractivity contribution in [3.05, 3.63) is 14.5 Å². The first-order valence-corrected chi connectivity index (χ1v) is 5.19. The van der Waals surface area contributed by atoms with Crippen LogP contribution in [0, 0.1) is 0 Å². The molecule has 2 nitrogen and oxygen atoms in total. The highest BCUT2D eigenvalue weighted by atomic mass is 79.9. The highest BCUT2D eigenvalue weighted by Gasteiger charge is 2.19. The maximum atomic E-state index is 9.33. The molecule has 0 saturated heterocycles. The summed E-state index contributed by atoms with van der Waals surface area (Å²) in [5, 5.41) is 9.33. The van der Waals surface area contributed by atoms with Gasteiger partial charge in [-0.15, -0.1) is 11.3 Å². The van der Waals surface area contributed by atoms with E-state index in [4.69, 9.17) is 0 Å². The third kappa shape index (κ3) is 1.48. The van der Waals surface area contributed by atoms with E-state index in [9.17, 15) is 5.11 Å². The lowest BCUT2D eigenvalue weighted by Gasteiger charge is -2.14. The summed E-state index contributed by atoms with van der Waals surface area (Å²) in [5.41, 5.74) is 1.17. The molecule has 0 saturated carbocycles. The van der Waals surface area contributed by atoms with Gasteiger partial charge in [-0.3, -0.25) is 0 Å². The van der Waals surface area contributed by atoms with Crippen LogP contribution in [0.5, 0.6) is 0 Å². The molecule has 0 bridgehead atoms. The third-order valence-corrected chi connectivity index (χ3v) is 3.46. The second-order valence-corrected chi connectivity index (χ2v) is 5.09. The van der Waals surface area contributed by atoms with Crippen LogP contribution in [0.25, 0.3) is 0 Å². The number of hydrogen-bond donors (Lipinski definition) is 1. The van der Waals surface area contributed by atoms with Crippen LogP contribution in [0.3, 0.4) is 0 Å². The van der Waals surface area contributed by atoms with E-state index < -0.39 is 0 Å². The van der Waals surface area contributed by atoms with Crippen LogP contribution in [0.1, 0.15) is 17.0 Å². The highest BCUT2D eigenvalue weighted by Crippen LogP contribution is 2.29. The van der Waals surface area contributed by atoms with Gasteiger partial charge in [-0.1, -0.05) is 0 Å². The molecule has 1 aliphatic carbocycles. The van der Waals surface area contributed by atoms with Gasteiger partial charge in [-0.05, 0) is 28.8 Å². The number of aliphatic hydroxyl groups is 1. The molecule has 0 unspecified atom stereocenters. The highest BCUT2D eigenvalue weighted by molar-refractivity contribution is 9.11. The Balaban J connectivity index is 2.34. The van der Waals surface area contributed by atoms with Crippen molar-refractivity contribution in [2.75, 3.05) is 0 Å². The molecule has 0 fully saturated rings. The summed E-state index contributed by atoms with van der Waals surface area (Å²) in [6.45, 7) is 0. The van der Waals surface area contributed by atoms with Crippen LogP contribution >= 0.6 is 27.3 Å². The number of fused-ring (bicyclic) bond motifs is 1. The quantitative estimate of drug-likeness (QED) is 0.741. The Hall–Kier alpha value is 0.0700. The predicted octanol–water partition coefficient (Wildman–Crippen LogP) is 1.76. The molecule has 1 aromatic heterocycles. The van der Waals surface area contributed by atoms with Crippen LogP contribution < -0.4 is 0 Å². The van der Waals surface area contributed by atoms with Crippen LogP contribution in [0.2, 0.25) is 0 Å². The Labute approximate surface area is 77.4 Å². The van der Waals surface area contributed by atoms with E-state index in [0.29, 0.717) is 0 Å². The number of halogens is 1. The summed E-state index contributed by atoms with van der Waals surface area (Å²) in [5.74, 6) is 0. The van der Waals surface area contributed by atoms with Gasteiger partial charge in [0.05, 0.1) is 11.8 Å². The average molecular weight is 234 g/mol. The summed E-state index contributed by atoms with van der Waals surface area (Å²) >= 11 is 4.98. The van der Waals surface area contributed by atoms with Gasteiger partial charge in [0.15, 0.2) is 3.92 Å². The Kier molecular flexibility index (Phi) is 1.99. The molecular formula is C7H8BrNOS. The summed E-state index contributed by atoms with van der Waals surface area (Å²) < 4.78 is 0.941. The van der Waals surface area contributed by atoms with Gasteiger partial charge < -0.3 is 5.11 Å². The molecule has 60 valence electrons. The minimum Gasteiger partial charge on any atom is -0.393 e. The summed E-state index contributed by atoms with van der Waals surface area (Å²) in [4.78, 5) is 5.56. The monoisotopic (exact) mass is 233 g/mol. The fourth-order valence-corrected chi connectivity index (χ4v) is 3.03. The zero-order valence-electron chi connectivity index (χ0n) is 5.88. The number of hydrogen-bond acceptors (Lipinski definition) is 3. The molecule has 1 heterocycles. The van der Waals surface area contributed by atoms with Crippen LogP contribution in [0.15, 0.2) is 3.92 Å². The van der Waals surface area contributed by atoms with Crippen molar-refractivity contribution in [2.45, 2.75) is 25.4 Å². The molecule has 4 heteroatoms. The van der Waals surface area contributed by atoms with Crippen molar-refractivity contribution in [2.24, 2.45) is 0 Å². The smallest absolute Gasteiger partial charge is 0.159 e. The molecule has 0 spiro atoms. The minimum atomic E-state index is -0.144. The number of nitrogens with zero attached hydrogens (tertiary/aromatic N) is 1. The second kappa shape index (κ2) is 2.84. The molecule has 1 atom stereocenters. The summed E-state index contributed by atoms with van der Waals surface area (Å²) in [6, 6.07) is 0. The van der Waals surface area contributed by atoms with Gasteiger partial charge in [-0.2, -0.15) is 0 Å². The topological polar surface area (TPSA) is 33.1 Å². The number of aryl methyl sites for hydroxylation is 1. The van der Waals surface area contributed by atoms with E-state index in [1.807, 2.05) is 0 Å². The van der Waals surface area contributed by atoms with E-state index in [0.717, 1.165) is 23.2 Å². The van der Waals surface area contributed by atoms with E-state index >= 15 is 0 Å². The van der Waals surface area contributed by atoms with Crippen LogP contribution in [0.4, 0.5) is 0 Å². The van der Waals surface area contributed by atoms with Crippen molar-refractivity contribution in [3.63, 3.8) is 0 Å². The Morgan fingerprint density at radius 3 is 3.27 bits per heavy atom. The van der Waals surface area contributed by atoms with Gasteiger partial charge in [0.25, 0.3) is 0 Å². The van der Waals surface area contributed by atoms with Crippen molar-refractivity contribution in [1.82, 2.24) is 4.98 Å². The average Bonchev–Trinajstić information content (AvgIpc) is 2.27. The Bertz CT molecular complexity index is 273. The second-order valence-electron chi connectivity index (χ2n) is 2.73. The fourth-order valence-electron chi connectivity index (χ4n) is 1.33. The molecule has 1 N–H and O–H groups in total. The molecule has 0 radical (unpaired) electrons. The van der Waals surface area contributed by atoms with Crippen molar-refractivity contribution < 1.29 is 5.11 Å². The minimum absolute atomic E-state index is 0.144. The van der Waals surface area contributed by atoms with Gasteiger partial charge in [-0.25, -0.2) is 4.98 Å². The van der Waals surface area contributed by atoms with Gasteiger partial charge in [0, 0.05) is 11.3 Å². The lowest BCUT2D eigenvalue weighted by atomic mass is 10.0. The zero-order chi connectivity index (χ0) is 7.84. The lowest BCUT2D eigenvalue weighted by molar-refractivity contribution is 0.159. The molecular weight excluding hydrogens is 226 g/mol.